The third kappa shape index (κ3) is 6.04. The van der Waals surface area contributed by atoms with Crippen LogP contribution in [-0.4, -0.2) is 32.7 Å². The van der Waals surface area contributed by atoms with Gasteiger partial charge in [-0.1, -0.05) is 28.1 Å². The molecule has 0 radical (unpaired) electrons. The Morgan fingerprint density at radius 1 is 1.19 bits per heavy atom. The molecule has 0 aromatic heterocycles. The molecule has 1 unspecified atom stereocenters. The predicted octanol–water partition coefficient (Wildman–Crippen LogP) is 3.94. The van der Waals surface area contributed by atoms with Crippen LogP contribution < -0.4 is 20.1 Å². The number of nitrogens with one attached hydrogen (secondary N) is 2. The third-order valence-electron chi connectivity index (χ3n) is 3.89. The monoisotopic (exact) mass is 420 g/mol. The SMILES string of the molecule is CCNC(=O)c1cc(Br)cc(OCCNC(C)c2cccc(OC)c2)c1. The smallest absolute Gasteiger partial charge is 0.251 e. The second-order valence-electron chi connectivity index (χ2n) is 5.84. The molecule has 0 saturated carbocycles. The second-order valence-corrected chi connectivity index (χ2v) is 6.75. The van der Waals surface area contributed by atoms with Crippen molar-refractivity contribution in [3.05, 3.63) is 58.1 Å². The van der Waals surface area contributed by atoms with E-state index in [9.17, 15) is 4.79 Å². The van der Waals surface area contributed by atoms with E-state index in [2.05, 4.69) is 39.6 Å². The van der Waals surface area contributed by atoms with Gasteiger partial charge in [0.2, 0.25) is 0 Å². The Balaban J connectivity index is 1.86. The van der Waals surface area contributed by atoms with Crippen molar-refractivity contribution in [1.82, 2.24) is 10.6 Å². The van der Waals surface area contributed by atoms with Gasteiger partial charge in [0, 0.05) is 29.2 Å². The molecule has 0 fully saturated rings. The number of benzene rings is 2. The molecule has 5 nitrogen and oxygen atoms in total. The van der Waals surface area contributed by atoms with Crippen LogP contribution in [0.4, 0.5) is 0 Å². The Bertz CT molecular complexity index is 737. The van der Waals surface area contributed by atoms with Gasteiger partial charge < -0.3 is 20.1 Å². The molecule has 0 heterocycles. The number of carbonyl (C=O) groups excluding carboxylic acids is 1. The van der Waals surface area contributed by atoms with Crippen LogP contribution in [0.25, 0.3) is 0 Å². The van der Waals surface area contributed by atoms with Crippen molar-refractivity contribution in [3.63, 3.8) is 0 Å². The summed E-state index contributed by atoms with van der Waals surface area (Å²) in [5, 5.41) is 6.21. The maximum Gasteiger partial charge on any atom is 0.251 e. The minimum Gasteiger partial charge on any atom is -0.497 e. The minimum atomic E-state index is -0.108. The molecule has 0 aliphatic heterocycles. The average Bonchev–Trinajstić information content (AvgIpc) is 2.65. The van der Waals surface area contributed by atoms with Crippen molar-refractivity contribution < 1.29 is 14.3 Å². The molecule has 0 saturated heterocycles. The number of methoxy groups -OCH3 is 1. The van der Waals surface area contributed by atoms with Gasteiger partial charge in [-0.2, -0.15) is 0 Å². The van der Waals surface area contributed by atoms with E-state index in [0.717, 1.165) is 15.8 Å². The first-order valence-corrected chi connectivity index (χ1v) is 9.41. The molecule has 1 atom stereocenters. The topological polar surface area (TPSA) is 59.6 Å². The summed E-state index contributed by atoms with van der Waals surface area (Å²) >= 11 is 3.42. The molecule has 0 bridgehead atoms. The highest BCUT2D eigenvalue weighted by Crippen LogP contribution is 2.22. The lowest BCUT2D eigenvalue weighted by Gasteiger charge is -2.16. The fraction of sp³-hybridized carbons (Fsp3) is 0.350. The molecular formula is C20H25BrN2O3. The highest BCUT2D eigenvalue weighted by molar-refractivity contribution is 9.10. The lowest BCUT2D eigenvalue weighted by atomic mass is 10.1. The quantitative estimate of drug-likeness (QED) is 0.603. The number of hydrogen-bond donors (Lipinski definition) is 2. The van der Waals surface area contributed by atoms with Crippen molar-refractivity contribution in [3.8, 4) is 11.5 Å². The number of carbonyl (C=O) groups is 1. The first kappa shape index (κ1) is 20.3. The number of hydrogen-bond acceptors (Lipinski definition) is 4. The minimum absolute atomic E-state index is 0.108. The first-order valence-electron chi connectivity index (χ1n) is 8.62. The largest absolute Gasteiger partial charge is 0.497 e. The van der Waals surface area contributed by atoms with Crippen LogP contribution in [0, 0.1) is 0 Å². The highest BCUT2D eigenvalue weighted by atomic mass is 79.9. The standard InChI is InChI=1S/C20H25BrN2O3/c1-4-22-20(24)16-10-17(21)13-19(12-16)26-9-8-23-14(2)15-6-5-7-18(11-15)25-3/h5-7,10-14,23H,4,8-9H2,1-3H3,(H,22,24). The van der Waals surface area contributed by atoms with Crippen LogP contribution in [-0.2, 0) is 0 Å². The van der Waals surface area contributed by atoms with Gasteiger partial charge in [-0.15, -0.1) is 0 Å². The summed E-state index contributed by atoms with van der Waals surface area (Å²) in [7, 11) is 1.66. The molecule has 2 aromatic carbocycles. The Kier molecular flexibility index (Phi) is 7.94. The summed E-state index contributed by atoms with van der Waals surface area (Å²) in [4.78, 5) is 12.0. The van der Waals surface area contributed by atoms with Gasteiger partial charge in [-0.05, 0) is 49.7 Å². The van der Waals surface area contributed by atoms with Gasteiger partial charge in [-0.25, -0.2) is 0 Å². The number of amides is 1. The summed E-state index contributed by atoms with van der Waals surface area (Å²) in [6.45, 7) is 5.76. The first-order chi connectivity index (χ1) is 12.5. The Labute approximate surface area is 163 Å². The van der Waals surface area contributed by atoms with E-state index in [1.807, 2.05) is 31.2 Å². The van der Waals surface area contributed by atoms with Crippen LogP contribution >= 0.6 is 15.9 Å². The van der Waals surface area contributed by atoms with Crippen molar-refractivity contribution in [2.45, 2.75) is 19.9 Å². The molecule has 2 aromatic rings. The second kappa shape index (κ2) is 10.2. The average molecular weight is 421 g/mol. The zero-order valence-electron chi connectivity index (χ0n) is 15.3. The number of halogens is 1. The van der Waals surface area contributed by atoms with Gasteiger partial charge in [0.05, 0.1) is 7.11 Å². The van der Waals surface area contributed by atoms with Crippen molar-refractivity contribution in [2.75, 3.05) is 26.8 Å². The zero-order valence-corrected chi connectivity index (χ0v) is 16.9. The van der Waals surface area contributed by atoms with Gasteiger partial charge in [0.25, 0.3) is 5.91 Å². The molecule has 140 valence electrons. The van der Waals surface area contributed by atoms with Crippen LogP contribution in [0.3, 0.4) is 0 Å². The zero-order chi connectivity index (χ0) is 18.9. The third-order valence-corrected chi connectivity index (χ3v) is 4.34. The molecule has 2 N–H and O–H groups in total. The molecule has 0 aliphatic carbocycles. The van der Waals surface area contributed by atoms with Crippen LogP contribution in [0.15, 0.2) is 46.9 Å². The molecule has 1 amide bonds. The van der Waals surface area contributed by atoms with Crippen LogP contribution in [0.1, 0.15) is 35.8 Å². The van der Waals surface area contributed by atoms with Crippen molar-refractivity contribution >= 4 is 21.8 Å². The molecular weight excluding hydrogens is 396 g/mol. The predicted molar refractivity (Wildman–Crippen MR) is 107 cm³/mol. The molecule has 0 spiro atoms. The molecule has 6 heteroatoms. The van der Waals surface area contributed by atoms with Crippen molar-refractivity contribution in [1.29, 1.82) is 0 Å². The maximum atomic E-state index is 12.0. The van der Waals surface area contributed by atoms with E-state index in [4.69, 9.17) is 9.47 Å². The summed E-state index contributed by atoms with van der Waals surface area (Å²) in [5.74, 6) is 1.40. The van der Waals surface area contributed by atoms with E-state index in [0.29, 0.717) is 31.0 Å². The van der Waals surface area contributed by atoms with Crippen LogP contribution in [0.2, 0.25) is 0 Å². The van der Waals surface area contributed by atoms with E-state index in [1.54, 1.807) is 19.2 Å². The normalized spacial score (nSPS) is 11.7. The Morgan fingerprint density at radius 3 is 2.73 bits per heavy atom. The van der Waals surface area contributed by atoms with E-state index < -0.39 is 0 Å². The molecule has 26 heavy (non-hydrogen) atoms. The molecule has 2 rings (SSSR count). The Hall–Kier alpha value is -2.05. The molecule has 0 aliphatic rings. The summed E-state index contributed by atoms with van der Waals surface area (Å²) in [5.41, 5.74) is 1.74. The lowest BCUT2D eigenvalue weighted by Crippen LogP contribution is -2.24. The van der Waals surface area contributed by atoms with E-state index in [-0.39, 0.29) is 11.9 Å². The number of rotatable bonds is 9. The van der Waals surface area contributed by atoms with Gasteiger partial charge in [-0.3, -0.25) is 4.79 Å². The van der Waals surface area contributed by atoms with E-state index in [1.165, 1.54) is 0 Å². The lowest BCUT2D eigenvalue weighted by molar-refractivity contribution is 0.0955. The van der Waals surface area contributed by atoms with E-state index >= 15 is 0 Å². The fourth-order valence-corrected chi connectivity index (χ4v) is 2.99. The fourth-order valence-electron chi connectivity index (χ4n) is 2.51. The van der Waals surface area contributed by atoms with Gasteiger partial charge in [0.1, 0.15) is 18.1 Å². The maximum absolute atomic E-state index is 12.0. The van der Waals surface area contributed by atoms with Crippen LogP contribution in [0.5, 0.6) is 11.5 Å². The number of ether oxygens (including phenoxy) is 2. The van der Waals surface area contributed by atoms with Crippen molar-refractivity contribution in [2.24, 2.45) is 0 Å². The highest BCUT2D eigenvalue weighted by Gasteiger charge is 2.09. The summed E-state index contributed by atoms with van der Waals surface area (Å²) < 4.78 is 11.9. The summed E-state index contributed by atoms with van der Waals surface area (Å²) in [6, 6.07) is 13.6. The van der Waals surface area contributed by atoms with Gasteiger partial charge >= 0.3 is 0 Å². The Morgan fingerprint density at radius 2 is 2.00 bits per heavy atom. The summed E-state index contributed by atoms with van der Waals surface area (Å²) in [6.07, 6.45) is 0. The van der Waals surface area contributed by atoms with Gasteiger partial charge in [0.15, 0.2) is 0 Å².